The zero-order chi connectivity index (χ0) is 67.5. The third-order valence-corrected chi connectivity index (χ3v) is 18.5. The zero-order valence-corrected chi connectivity index (χ0v) is 61.3. The standard InChI is InChI=1S/C72H140O17P2/c1-62(2)48-40-32-24-18-14-11-9-10-12-16-21-28-38-46-54-71(76)88-67(58-82-69(74)52-44-36-27-20-17-13-15-19-25-33-41-49-63(3)4)60-86-90(78,79)84-56-66(73)57-85-91(80,81)87-61-68(59-83-70(75)53-45-37-31-30-35-43-51-65(7)8)89-72(77)55-47-39-29-23-22-26-34-42-50-64(5)6/h62-68,73H,9-61H2,1-8H3,(H,78,79)(H,80,81)/t66-,67-,68-/m1/s1. The molecule has 0 spiro atoms. The van der Waals surface area contributed by atoms with Gasteiger partial charge in [0, 0.05) is 25.7 Å². The highest BCUT2D eigenvalue weighted by Crippen LogP contribution is 2.45. The van der Waals surface area contributed by atoms with Crippen molar-refractivity contribution in [3.8, 4) is 0 Å². The largest absolute Gasteiger partial charge is 0.472 e. The van der Waals surface area contributed by atoms with E-state index in [0.717, 1.165) is 114 Å². The molecule has 2 unspecified atom stereocenters. The van der Waals surface area contributed by atoms with Crippen LogP contribution in [-0.2, 0) is 65.4 Å². The van der Waals surface area contributed by atoms with E-state index in [0.29, 0.717) is 31.6 Å². The number of hydrogen-bond donors (Lipinski definition) is 3. The lowest BCUT2D eigenvalue weighted by atomic mass is 10.0. The number of aliphatic hydroxyl groups is 1. The van der Waals surface area contributed by atoms with E-state index in [1.54, 1.807) is 0 Å². The number of phosphoric acid groups is 2. The molecule has 0 saturated heterocycles. The fraction of sp³-hybridized carbons (Fsp3) is 0.944. The van der Waals surface area contributed by atoms with Crippen LogP contribution in [0.25, 0.3) is 0 Å². The van der Waals surface area contributed by atoms with Gasteiger partial charge in [0.1, 0.15) is 19.3 Å². The summed E-state index contributed by atoms with van der Waals surface area (Å²) in [5.74, 6) is 0.835. The van der Waals surface area contributed by atoms with Crippen molar-refractivity contribution in [2.24, 2.45) is 23.7 Å². The molecule has 0 saturated carbocycles. The first kappa shape index (κ1) is 89.1. The molecule has 540 valence electrons. The minimum Gasteiger partial charge on any atom is -0.462 e. The maximum Gasteiger partial charge on any atom is 0.472 e. The van der Waals surface area contributed by atoms with E-state index < -0.39 is 97.5 Å². The summed E-state index contributed by atoms with van der Waals surface area (Å²) < 4.78 is 68.3. The molecule has 3 N–H and O–H groups in total. The first-order chi connectivity index (χ1) is 43.6. The van der Waals surface area contributed by atoms with Gasteiger partial charge in [-0.15, -0.1) is 0 Å². The molecular formula is C72H140O17P2. The maximum atomic E-state index is 13.0. The Kier molecular flexibility index (Phi) is 60.3. The Morgan fingerprint density at radius 2 is 0.462 bits per heavy atom. The summed E-state index contributed by atoms with van der Waals surface area (Å²) in [4.78, 5) is 72.6. The van der Waals surface area contributed by atoms with Crippen molar-refractivity contribution in [1.82, 2.24) is 0 Å². The number of carbonyl (C=O) groups is 4. The summed E-state index contributed by atoms with van der Waals surface area (Å²) in [5, 5.41) is 10.6. The number of hydrogen-bond acceptors (Lipinski definition) is 15. The van der Waals surface area contributed by atoms with Crippen LogP contribution < -0.4 is 0 Å². The van der Waals surface area contributed by atoms with Gasteiger partial charge in [0.25, 0.3) is 0 Å². The lowest BCUT2D eigenvalue weighted by Crippen LogP contribution is -2.30. The van der Waals surface area contributed by atoms with Gasteiger partial charge in [0.2, 0.25) is 0 Å². The van der Waals surface area contributed by atoms with Gasteiger partial charge in [-0.25, -0.2) is 9.13 Å². The van der Waals surface area contributed by atoms with E-state index in [4.69, 9.17) is 37.0 Å². The molecule has 0 aliphatic heterocycles. The van der Waals surface area contributed by atoms with Crippen LogP contribution in [0.1, 0.15) is 357 Å². The summed E-state index contributed by atoms with van der Waals surface area (Å²) in [6.07, 6.45) is 44.6. The van der Waals surface area contributed by atoms with Crippen LogP contribution in [0.5, 0.6) is 0 Å². The van der Waals surface area contributed by atoms with Crippen molar-refractivity contribution < 1.29 is 80.2 Å². The quantitative estimate of drug-likeness (QED) is 0.0222. The summed E-state index contributed by atoms with van der Waals surface area (Å²) >= 11 is 0. The lowest BCUT2D eigenvalue weighted by Gasteiger charge is -2.21. The number of carbonyl (C=O) groups excluding carboxylic acids is 4. The Morgan fingerprint density at radius 1 is 0.275 bits per heavy atom. The first-order valence-corrected chi connectivity index (χ1v) is 40.2. The Bertz CT molecular complexity index is 1800. The van der Waals surface area contributed by atoms with E-state index in [1.165, 1.54) is 154 Å². The molecule has 91 heavy (non-hydrogen) atoms. The SMILES string of the molecule is CC(C)CCCCCCCCCCCCCCCCC(=O)O[C@H](COC(=O)CCCCCCCCCCCCCC(C)C)COP(=O)(O)OC[C@@H](O)COP(=O)(O)OC[C@@H](COC(=O)CCCCCCCCC(C)C)OC(=O)CCCCCCCCCCC(C)C. The van der Waals surface area contributed by atoms with Crippen molar-refractivity contribution in [3.05, 3.63) is 0 Å². The van der Waals surface area contributed by atoms with Crippen LogP contribution in [-0.4, -0.2) is 96.7 Å². The van der Waals surface area contributed by atoms with E-state index in [9.17, 15) is 43.2 Å². The minimum absolute atomic E-state index is 0.103. The summed E-state index contributed by atoms with van der Waals surface area (Å²) in [5.41, 5.74) is 0. The lowest BCUT2D eigenvalue weighted by molar-refractivity contribution is -0.161. The molecule has 0 radical (unpaired) electrons. The van der Waals surface area contributed by atoms with Gasteiger partial charge in [-0.05, 0) is 49.4 Å². The molecule has 17 nitrogen and oxygen atoms in total. The first-order valence-electron chi connectivity index (χ1n) is 37.2. The van der Waals surface area contributed by atoms with E-state index in [-0.39, 0.29) is 25.7 Å². The molecule has 0 aliphatic carbocycles. The second kappa shape index (κ2) is 61.6. The van der Waals surface area contributed by atoms with Crippen molar-refractivity contribution in [1.29, 1.82) is 0 Å². The topological polar surface area (TPSA) is 237 Å². The normalized spacial score (nSPS) is 14.2. The van der Waals surface area contributed by atoms with E-state index >= 15 is 0 Å². The Morgan fingerprint density at radius 3 is 0.681 bits per heavy atom. The number of phosphoric ester groups is 2. The average Bonchev–Trinajstić information content (AvgIpc) is 1.95. The summed E-state index contributed by atoms with van der Waals surface area (Å²) in [7, 11) is -9.90. The van der Waals surface area contributed by atoms with E-state index in [2.05, 4.69) is 55.4 Å². The summed E-state index contributed by atoms with van der Waals surface area (Å²) in [6, 6.07) is 0. The molecule has 0 aromatic carbocycles. The van der Waals surface area contributed by atoms with Gasteiger partial charge in [-0.2, -0.15) is 0 Å². The Hall–Kier alpha value is -1.94. The van der Waals surface area contributed by atoms with Gasteiger partial charge in [0.15, 0.2) is 12.2 Å². The molecular weight excluding hydrogens is 1200 g/mol. The Labute approximate surface area is 556 Å². The van der Waals surface area contributed by atoms with Crippen LogP contribution in [0, 0.1) is 23.7 Å². The van der Waals surface area contributed by atoms with Crippen LogP contribution in [0.15, 0.2) is 0 Å². The molecule has 0 rings (SSSR count). The third-order valence-electron chi connectivity index (χ3n) is 16.6. The third kappa shape index (κ3) is 66.5. The average molecular weight is 1340 g/mol. The van der Waals surface area contributed by atoms with Gasteiger partial charge in [0.05, 0.1) is 26.4 Å². The highest BCUT2D eigenvalue weighted by molar-refractivity contribution is 7.47. The smallest absolute Gasteiger partial charge is 0.462 e. The number of unbranched alkanes of at least 4 members (excludes halogenated alkanes) is 35. The van der Waals surface area contributed by atoms with Gasteiger partial charge in [-0.1, -0.05) is 306 Å². The number of ether oxygens (including phenoxy) is 4. The van der Waals surface area contributed by atoms with Crippen molar-refractivity contribution >= 4 is 39.5 Å². The van der Waals surface area contributed by atoms with Gasteiger partial charge >= 0.3 is 39.5 Å². The van der Waals surface area contributed by atoms with Crippen molar-refractivity contribution in [2.45, 2.75) is 375 Å². The van der Waals surface area contributed by atoms with Crippen molar-refractivity contribution in [2.75, 3.05) is 39.6 Å². The molecule has 0 heterocycles. The van der Waals surface area contributed by atoms with Crippen LogP contribution in [0.3, 0.4) is 0 Å². The maximum absolute atomic E-state index is 13.0. The predicted molar refractivity (Wildman–Crippen MR) is 367 cm³/mol. The predicted octanol–water partition coefficient (Wildman–Crippen LogP) is 20.5. The van der Waals surface area contributed by atoms with Crippen LogP contribution >= 0.6 is 15.6 Å². The molecule has 0 bridgehead atoms. The second-order valence-electron chi connectivity index (χ2n) is 27.9. The molecule has 5 atom stereocenters. The Balaban J connectivity index is 5.24. The van der Waals surface area contributed by atoms with Crippen molar-refractivity contribution in [3.63, 3.8) is 0 Å². The fourth-order valence-corrected chi connectivity index (χ4v) is 12.4. The highest BCUT2D eigenvalue weighted by Gasteiger charge is 2.30. The minimum atomic E-state index is -4.95. The molecule has 0 aliphatic rings. The van der Waals surface area contributed by atoms with Crippen LogP contribution in [0.4, 0.5) is 0 Å². The molecule has 0 aromatic heterocycles. The zero-order valence-electron chi connectivity index (χ0n) is 59.5. The molecule has 0 aromatic rings. The molecule has 0 fully saturated rings. The number of rotatable bonds is 69. The number of esters is 4. The van der Waals surface area contributed by atoms with E-state index in [1.807, 2.05) is 0 Å². The summed E-state index contributed by atoms with van der Waals surface area (Å²) in [6.45, 7) is 14.1. The molecule has 19 heteroatoms. The van der Waals surface area contributed by atoms with Gasteiger partial charge < -0.3 is 33.8 Å². The highest BCUT2D eigenvalue weighted by atomic mass is 31.2. The number of aliphatic hydroxyl groups excluding tert-OH is 1. The second-order valence-corrected chi connectivity index (χ2v) is 30.8. The fourth-order valence-electron chi connectivity index (χ4n) is 10.8. The van der Waals surface area contributed by atoms with Gasteiger partial charge in [-0.3, -0.25) is 37.3 Å². The molecule has 0 amide bonds. The monoisotopic (exact) mass is 1340 g/mol. The van der Waals surface area contributed by atoms with Crippen LogP contribution in [0.2, 0.25) is 0 Å².